The smallest absolute Gasteiger partial charge is 0.244 e. The molecule has 0 atom stereocenters. The van der Waals surface area contributed by atoms with Crippen molar-refractivity contribution in [2.45, 2.75) is 11.8 Å². The number of hydrogen-bond donors (Lipinski definition) is 1. The van der Waals surface area contributed by atoms with Crippen molar-refractivity contribution in [2.24, 2.45) is 0 Å². The van der Waals surface area contributed by atoms with Crippen molar-refractivity contribution in [3.05, 3.63) is 36.4 Å². The lowest BCUT2D eigenvalue weighted by Crippen LogP contribution is -2.25. The molecule has 1 N–H and O–H groups in total. The molecule has 0 amide bonds. The first-order chi connectivity index (χ1) is 7.47. The summed E-state index contributed by atoms with van der Waals surface area (Å²) in [6, 6.07) is 6.48. The van der Waals surface area contributed by atoms with Gasteiger partial charge in [0.1, 0.15) is 10.6 Å². The van der Waals surface area contributed by atoms with Crippen molar-refractivity contribution in [1.29, 1.82) is 0 Å². The summed E-state index contributed by atoms with van der Waals surface area (Å²) in [4.78, 5) is 0.138. The van der Waals surface area contributed by atoms with E-state index in [0.29, 0.717) is 5.75 Å². The van der Waals surface area contributed by atoms with E-state index in [0.717, 1.165) is 5.57 Å². The van der Waals surface area contributed by atoms with Crippen LogP contribution in [0.15, 0.2) is 41.3 Å². The Labute approximate surface area is 96.0 Å². The lowest BCUT2D eigenvalue weighted by Gasteiger charge is -2.10. The third-order valence-corrected chi connectivity index (χ3v) is 3.36. The van der Waals surface area contributed by atoms with Crippen LogP contribution in [0.25, 0.3) is 0 Å². The predicted molar refractivity (Wildman–Crippen MR) is 63.0 cm³/mol. The molecule has 0 saturated carbocycles. The Morgan fingerprint density at radius 3 is 2.62 bits per heavy atom. The molecule has 0 aliphatic rings. The van der Waals surface area contributed by atoms with E-state index in [4.69, 9.17) is 4.74 Å². The molecule has 0 heterocycles. The minimum atomic E-state index is -3.53. The Hall–Kier alpha value is -1.33. The van der Waals surface area contributed by atoms with Crippen LogP contribution in [0, 0.1) is 0 Å². The van der Waals surface area contributed by atoms with Crippen LogP contribution >= 0.6 is 0 Å². The lowest BCUT2D eigenvalue weighted by molar-refractivity contribution is 0.402. The molecular formula is C11H15NO3S. The van der Waals surface area contributed by atoms with E-state index >= 15 is 0 Å². The minimum Gasteiger partial charge on any atom is -0.495 e. The van der Waals surface area contributed by atoms with Gasteiger partial charge in [0, 0.05) is 6.54 Å². The van der Waals surface area contributed by atoms with Gasteiger partial charge in [-0.2, -0.15) is 0 Å². The van der Waals surface area contributed by atoms with Crippen LogP contribution in [-0.4, -0.2) is 22.1 Å². The highest BCUT2D eigenvalue weighted by molar-refractivity contribution is 7.89. The van der Waals surface area contributed by atoms with Crippen LogP contribution < -0.4 is 9.46 Å². The number of methoxy groups -OCH3 is 1. The largest absolute Gasteiger partial charge is 0.495 e. The van der Waals surface area contributed by atoms with Crippen molar-refractivity contribution in [3.63, 3.8) is 0 Å². The van der Waals surface area contributed by atoms with Gasteiger partial charge in [0.25, 0.3) is 0 Å². The van der Waals surface area contributed by atoms with Crippen LogP contribution in [0.4, 0.5) is 0 Å². The van der Waals surface area contributed by atoms with Gasteiger partial charge < -0.3 is 4.74 Å². The standard InChI is InChI=1S/C11H15NO3S/c1-9(2)8-12-16(13,14)11-7-5-4-6-10(11)15-3/h4-7,12H,1,8H2,2-3H3. The van der Waals surface area contributed by atoms with Gasteiger partial charge in [-0.15, -0.1) is 0 Å². The molecule has 0 bridgehead atoms. The molecule has 1 rings (SSSR count). The van der Waals surface area contributed by atoms with Crippen LogP contribution in [0.5, 0.6) is 5.75 Å². The molecule has 0 fully saturated rings. The number of ether oxygens (including phenoxy) is 1. The molecule has 1 aromatic carbocycles. The van der Waals surface area contributed by atoms with Gasteiger partial charge >= 0.3 is 0 Å². The molecule has 88 valence electrons. The molecule has 0 radical (unpaired) electrons. The maximum absolute atomic E-state index is 11.9. The summed E-state index contributed by atoms with van der Waals surface area (Å²) < 4.78 is 31.2. The topological polar surface area (TPSA) is 55.4 Å². The number of para-hydroxylation sites is 1. The maximum Gasteiger partial charge on any atom is 0.244 e. The molecule has 0 aliphatic carbocycles. The zero-order valence-corrected chi connectivity index (χ0v) is 10.2. The Morgan fingerprint density at radius 2 is 2.06 bits per heavy atom. The first-order valence-electron chi connectivity index (χ1n) is 4.74. The van der Waals surface area contributed by atoms with Crippen molar-refractivity contribution >= 4 is 10.0 Å². The van der Waals surface area contributed by atoms with E-state index in [9.17, 15) is 8.42 Å². The molecule has 1 aromatic rings. The summed E-state index contributed by atoms with van der Waals surface area (Å²) in [5, 5.41) is 0. The fourth-order valence-corrected chi connectivity index (χ4v) is 2.40. The monoisotopic (exact) mass is 241 g/mol. The van der Waals surface area contributed by atoms with Gasteiger partial charge in [-0.1, -0.05) is 24.3 Å². The molecule has 0 aliphatic heterocycles. The third-order valence-electron chi connectivity index (χ3n) is 1.92. The van der Waals surface area contributed by atoms with Gasteiger partial charge in [0.15, 0.2) is 0 Å². The van der Waals surface area contributed by atoms with Gasteiger partial charge in [0.2, 0.25) is 10.0 Å². The Balaban J connectivity index is 3.02. The Kier molecular flexibility index (Phi) is 4.09. The second kappa shape index (κ2) is 5.14. The van der Waals surface area contributed by atoms with E-state index in [2.05, 4.69) is 11.3 Å². The summed E-state index contributed by atoms with van der Waals surface area (Å²) in [5.41, 5.74) is 0.749. The van der Waals surface area contributed by atoms with Crippen LogP contribution in [-0.2, 0) is 10.0 Å². The molecule has 0 unspecified atom stereocenters. The van der Waals surface area contributed by atoms with Crippen molar-refractivity contribution in [2.75, 3.05) is 13.7 Å². The van der Waals surface area contributed by atoms with Crippen molar-refractivity contribution < 1.29 is 13.2 Å². The number of sulfonamides is 1. The maximum atomic E-state index is 11.9. The minimum absolute atomic E-state index is 0.138. The van der Waals surface area contributed by atoms with Gasteiger partial charge in [-0.05, 0) is 19.1 Å². The SMILES string of the molecule is C=C(C)CNS(=O)(=O)c1ccccc1OC. The quantitative estimate of drug-likeness (QED) is 0.796. The van der Waals surface area contributed by atoms with Gasteiger partial charge in [-0.3, -0.25) is 0 Å². The fourth-order valence-electron chi connectivity index (χ4n) is 1.14. The normalized spacial score (nSPS) is 11.1. The van der Waals surface area contributed by atoms with Crippen molar-refractivity contribution in [3.8, 4) is 5.75 Å². The number of rotatable bonds is 5. The molecule has 0 saturated heterocycles. The number of hydrogen-bond acceptors (Lipinski definition) is 3. The van der Waals surface area contributed by atoms with Crippen molar-refractivity contribution in [1.82, 2.24) is 4.72 Å². The van der Waals surface area contributed by atoms with Crippen LogP contribution in [0.1, 0.15) is 6.92 Å². The second-order valence-corrected chi connectivity index (χ2v) is 5.17. The van der Waals surface area contributed by atoms with E-state index in [1.165, 1.54) is 13.2 Å². The molecule has 0 aromatic heterocycles. The zero-order chi connectivity index (χ0) is 12.2. The highest BCUT2D eigenvalue weighted by Gasteiger charge is 2.17. The van der Waals surface area contributed by atoms with Gasteiger partial charge in [0.05, 0.1) is 7.11 Å². The van der Waals surface area contributed by atoms with E-state index < -0.39 is 10.0 Å². The summed E-state index contributed by atoms with van der Waals surface area (Å²) >= 11 is 0. The molecule has 5 heteroatoms. The molecule has 0 spiro atoms. The molecule has 4 nitrogen and oxygen atoms in total. The summed E-state index contributed by atoms with van der Waals surface area (Å²) in [6.07, 6.45) is 0. The molecular weight excluding hydrogens is 226 g/mol. The fraction of sp³-hybridized carbons (Fsp3) is 0.273. The lowest BCUT2D eigenvalue weighted by atomic mass is 10.3. The van der Waals surface area contributed by atoms with Gasteiger partial charge in [-0.25, -0.2) is 13.1 Å². The Morgan fingerprint density at radius 1 is 1.44 bits per heavy atom. The van der Waals surface area contributed by atoms with Crippen LogP contribution in [0.2, 0.25) is 0 Å². The average Bonchev–Trinajstić information content (AvgIpc) is 2.26. The third kappa shape index (κ3) is 3.08. The number of benzene rings is 1. The number of nitrogens with one attached hydrogen (secondary N) is 1. The Bertz CT molecular complexity index is 480. The van der Waals surface area contributed by atoms with E-state index in [1.807, 2.05) is 0 Å². The zero-order valence-electron chi connectivity index (χ0n) is 9.36. The highest BCUT2D eigenvalue weighted by atomic mass is 32.2. The molecule has 16 heavy (non-hydrogen) atoms. The van der Waals surface area contributed by atoms with Crippen LogP contribution in [0.3, 0.4) is 0 Å². The summed E-state index contributed by atoms with van der Waals surface area (Å²) in [7, 11) is -2.10. The summed E-state index contributed by atoms with van der Waals surface area (Å²) in [5.74, 6) is 0.330. The first kappa shape index (κ1) is 12.7. The second-order valence-electron chi connectivity index (χ2n) is 3.43. The highest BCUT2D eigenvalue weighted by Crippen LogP contribution is 2.22. The summed E-state index contributed by atoms with van der Waals surface area (Å²) in [6.45, 7) is 5.61. The van der Waals surface area contributed by atoms with E-state index in [-0.39, 0.29) is 11.4 Å². The first-order valence-corrected chi connectivity index (χ1v) is 6.23. The predicted octanol–water partition coefficient (Wildman–Crippen LogP) is 1.55. The average molecular weight is 241 g/mol. The van der Waals surface area contributed by atoms with E-state index in [1.54, 1.807) is 25.1 Å².